The highest BCUT2D eigenvalue weighted by Crippen LogP contribution is 2.34. The monoisotopic (exact) mass is 524 g/mol. The first-order chi connectivity index (χ1) is 17.0. The molecule has 1 aromatic carbocycles. The van der Waals surface area contributed by atoms with Gasteiger partial charge in [0.2, 0.25) is 0 Å². The van der Waals surface area contributed by atoms with Crippen molar-refractivity contribution in [1.82, 2.24) is 24.3 Å². The molecule has 36 heavy (non-hydrogen) atoms. The van der Waals surface area contributed by atoms with Crippen LogP contribution in [0.1, 0.15) is 33.6 Å². The number of carbonyl (C=O) groups excluding carboxylic acids is 1. The zero-order valence-electron chi connectivity index (χ0n) is 21.5. The molecule has 3 rings (SSSR count). The number of carbonyl (C=O) groups is 1. The minimum absolute atomic E-state index is 0.205. The lowest BCUT2D eigenvalue weighted by molar-refractivity contribution is 0.0569. The topological polar surface area (TPSA) is 135 Å². The van der Waals surface area contributed by atoms with Crippen molar-refractivity contribution < 1.29 is 27.4 Å². The summed E-state index contributed by atoms with van der Waals surface area (Å²) in [5.41, 5.74) is 0.00286. The van der Waals surface area contributed by atoms with E-state index in [1.54, 1.807) is 41.3 Å². The second kappa shape index (κ2) is 11.9. The van der Waals surface area contributed by atoms with Crippen molar-refractivity contribution in [2.45, 2.75) is 39.2 Å². The van der Waals surface area contributed by atoms with Gasteiger partial charge in [-0.25, -0.2) is 19.5 Å². The summed E-state index contributed by atoms with van der Waals surface area (Å²) >= 11 is 0. The number of anilines is 1. The van der Waals surface area contributed by atoms with Crippen molar-refractivity contribution in [2.75, 3.05) is 58.4 Å². The number of rotatable bonds is 9. The third-order valence-electron chi connectivity index (χ3n) is 5.57. The number of nitrogens with zero attached hydrogens (tertiary/aromatic N) is 4. The van der Waals surface area contributed by atoms with Gasteiger partial charge in [0, 0.05) is 37.6 Å². The van der Waals surface area contributed by atoms with Crippen molar-refractivity contribution in [3.8, 4) is 11.5 Å². The number of amides is 1. The van der Waals surface area contributed by atoms with Gasteiger partial charge in [-0.05, 0) is 52.8 Å². The van der Waals surface area contributed by atoms with Gasteiger partial charge in [-0.1, -0.05) is 0 Å². The predicted octanol–water partition coefficient (Wildman–Crippen LogP) is 1.91. The normalized spacial score (nSPS) is 15.4. The Morgan fingerprint density at radius 1 is 1.06 bits per heavy atom. The largest absolute Gasteiger partial charge is 0.493 e. The first kappa shape index (κ1) is 27.7. The number of ether oxygens (including phenoxy) is 3. The lowest BCUT2D eigenvalue weighted by atomic mass is 10.2. The summed E-state index contributed by atoms with van der Waals surface area (Å²) in [7, 11) is -0.778. The maximum Gasteiger partial charge on any atom is 0.422 e. The number of benzene rings is 1. The van der Waals surface area contributed by atoms with E-state index in [0.29, 0.717) is 17.9 Å². The minimum atomic E-state index is -3.97. The lowest BCUT2D eigenvalue weighted by Crippen LogP contribution is -2.43. The number of methoxy groups -OCH3 is 2. The number of nitrogens with one attached hydrogen (secondary N) is 2. The molecule has 1 aliphatic heterocycles. The van der Waals surface area contributed by atoms with Crippen LogP contribution in [0.5, 0.6) is 11.5 Å². The molecule has 1 aliphatic rings. The summed E-state index contributed by atoms with van der Waals surface area (Å²) in [6, 6.07) is 3.76. The number of aromatic nitrogens is 2. The Bertz CT molecular complexity index is 1150. The second-order valence-electron chi connectivity index (χ2n) is 9.46. The van der Waals surface area contributed by atoms with E-state index in [-0.39, 0.29) is 6.54 Å². The molecule has 200 valence electrons. The standard InChI is InChI=1S/C23H36N6O6S/c1-23(2,3)35-22(30)27-36(31,32)26-8-6-9-28-10-7-11-29(13-12-28)21-17-14-19(33-4)20(34-5)15-18(17)24-16-25-21/h14-16,26H,6-13H2,1-5H3,(H,27,30). The number of hydrogen-bond donors (Lipinski definition) is 2. The van der Waals surface area contributed by atoms with Crippen molar-refractivity contribution in [1.29, 1.82) is 0 Å². The third-order valence-corrected chi connectivity index (χ3v) is 6.59. The molecule has 1 amide bonds. The average molecular weight is 525 g/mol. The van der Waals surface area contributed by atoms with E-state index in [2.05, 4.69) is 24.5 Å². The first-order valence-electron chi connectivity index (χ1n) is 11.9. The molecule has 0 spiro atoms. The van der Waals surface area contributed by atoms with Crippen LogP contribution in [-0.4, -0.2) is 88.5 Å². The smallest absolute Gasteiger partial charge is 0.422 e. The third kappa shape index (κ3) is 7.80. The maximum atomic E-state index is 12.1. The van der Waals surface area contributed by atoms with Crippen LogP contribution in [0.2, 0.25) is 0 Å². The van der Waals surface area contributed by atoms with Crippen LogP contribution < -0.4 is 23.8 Å². The molecule has 1 fully saturated rings. The molecule has 0 saturated carbocycles. The van der Waals surface area contributed by atoms with Crippen LogP contribution in [0.3, 0.4) is 0 Å². The minimum Gasteiger partial charge on any atom is -0.493 e. The van der Waals surface area contributed by atoms with Crippen LogP contribution in [0.15, 0.2) is 18.5 Å². The molecule has 2 N–H and O–H groups in total. The molecular weight excluding hydrogens is 488 g/mol. The summed E-state index contributed by atoms with van der Waals surface area (Å²) in [6.45, 7) is 9.22. The Kier molecular flexibility index (Phi) is 9.14. The molecule has 12 nitrogen and oxygen atoms in total. The lowest BCUT2D eigenvalue weighted by Gasteiger charge is -2.24. The van der Waals surface area contributed by atoms with Crippen molar-refractivity contribution in [3.05, 3.63) is 18.5 Å². The molecule has 0 radical (unpaired) electrons. The van der Waals surface area contributed by atoms with Crippen molar-refractivity contribution >= 4 is 33.0 Å². The van der Waals surface area contributed by atoms with Gasteiger partial charge in [-0.3, -0.25) is 0 Å². The van der Waals surface area contributed by atoms with Crippen LogP contribution in [0.25, 0.3) is 10.9 Å². The number of fused-ring (bicyclic) bond motifs is 1. The molecule has 2 aromatic rings. The highest BCUT2D eigenvalue weighted by molar-refractivity contribution is 7.88. The quantitative estimate of drug-likeness (QED) is 0.468. The van der Waals surface area contributed by atoms with E-state index in [1.165, 1.54) is 0 Å². The fourth-order valence-electron chi connectivity index (χ4n) is 3.98. The fourth-order valence-corrected chi connectivity index (χ4v) is 4.73. The molecule has 13 heteroatoms. The summed E-state index contributed by atoms with van der Waals surface area (Å²) in [4.78, 5) is 25.2. The van der Waals surface area contributed by atoms with E-state index >= 15 is 0 Å². The van der Waals surface area contributed by atoms with E-state index in [9.17, 15) is 13.2 Å². The zero-order chi connectivity index (χ0) is 26.3. The van der Waals surface area contributed by atoms with Gasteiger partial charge in [-0.2, -0.15) is 13.1 Å². The molecule has 1 saturated heterocycles. The summed E-state index contributed by atoms with van der Waals surface area (Å²) in [5, 5.41) is 0.899. The van der Waals surface area contributed by atoms with Gasteiger partial charge in [0.15, 0.2) is 11.5 Å². The highest BCUT2D eigenvalue weighted by atomic mass is 32.2. The average Bonchev–Trinajstić information content (AvgIpc) is 3.04. The first-order valence-corrected chi connectivity index (χ1v) is 13.3. The van der Waals surface area contributed by atoms with E-state index in [1.807, 2.05) is 16.9 Å². The molecule has 0 atom stereocenters. The van der Waals surface area contributed by atoms with Gasteiger partial charge >= 0.3 is 16.3 Å². The van der Waals surface area contributed by atoms with E-state index in [4.69, 9.17) is 14.2 Å². The molecule has 0 unspecified atom stereocenters. The zero-order valence-corrected chi connectivity index (χ0v) is 22.4. The van der Waals surface area contributed by atoms with Gasteiger partial charge in [0.1, 0.15) is 17.7 Å². The fraction of sp³-hybridized carbons (Fsp3) is 0.609. The van der Waals surface area contributed by atoms with Gasteiger partial charge in [0.25, 0.3) is 0 Å². The molecular formula is C23H36N6O6S. The van der Waals surface area contributed by atoms with Crippen molar-refractivity contribution in [3.63, 3.8) is 0 Å². The Hall–Kier alpha value is -2.90. The van der Waals surface area contributed by atoms with Crippen LogP contribution in [0, 0.1) is 0 Å². The molecule has 0 bridgehead atoms. The Morgan fingerprint density at radius 3 is 2.47 bits per heavy atom. The van der Waals surface area contributed by atoms with Crippen molar-refractivity contribution in [2.24, 2.45) is 0 Å². The van der Waals surface area contributed by atoms with E-state index < -0.39 is 21.9 Å². The number of hydrogen-bond acceptors (Lipinski definition) is 10. The van der Waals surface area contributed by atoms with E-state index in [0.717, 1.165) is 55.9 Å². The predicted molar refractivity (Wildman–Crippen MR) is 137 cm³/mol. The molecule has 1 aromatic heterocycles. The van der Waals surface area contributed by atoms with Crippen LogP contribution in [-0.2, 0) is 14.9 Å². The second-order valence-corrected chi connectivity index (χ2v) is 11.0. The van der Waals surface area contributed by atoms with Gasteiger partial charge < -0.3 is 24.0 Å². The van der Waals surface area contributed by atoms with Crippen LogP contribution in [0.4, 0.5) is 10.6 Å². The SMILES string of the molecule is COc1cc2ncnc(N3CCCN(CCCNS(=O)(=O)NC(=O)OC(C)(C)C)CC3)c2cc1OC. The van der Waals surface area contributed by atoms with Crippen LogP contribution >= 0.6 is 0 Å². The Morgan fingerprint density at radius 2 is 1.78 bits per heavy atom. The maximum absolute atomic E-state index is 12.1. The summed E-state index contributed by atoms with van der Waals surface area (Å²) < 4.78 is 44.2. The molecule has 0 aliphatic carbocycles. The van der Waals surface area contributed by atoms with Gasteiger partial charge in [0.05, 0.1) is 19.7 Å². The summed E-state index contributed by atoms with van der Waals surface area (Å²) in [6.07, 6.45) is 2.09. The van der Waals surface area contributed by atoms with Gasteiger partial charge in [-0.15, -0.1) is 0 Å². The Labute approximate surface area is 212 Å². The molecule has 2 heterocycles. The Balaban J connectivity index is 1.53. The summed E-state index contributed by atoms with van der Waals surface area (Å²) in [5.74, 6) is 2.10. The highest BCUT2D eigenvalue weighted by Gasteiger charge is 2.22.